The third-order valence-electron chi connectivity index (χ3n) is 3.89. The molecule has 0 atom stereocenters. The summed E-state index contributed by atoms with van der Waals surface area (Å²) >= 11 is 6.27. The van der Waals surface area contributed by atoms with Gasteiger partial charge in [-0.15, -0.1) is 0 Å². The molecule has 126 valence electrons. The average molecular weight is 352 g/mol. The fourth-order valence-corrected chi connectivity index (χ4v) is 2.73. The lowest BCUT2D eigenvalue weighted by molar-refractivity contribution is 0.102. The van der Waals surface area contributed by atoms with Gasteiger partial charge < -0.3 is 11.1 Å². The third-order valence-corrected chi connectivity index (χ3v) is 4.22. The molecule has 3 rings (SSSR count). The Labute approximate surface area is 151 Å². The van der Waals surface area contributed by atoms with E-state index in [4.69, 9.17) is 17.3 Å². The first kappa shape index (κ1) is 17.0. The van der Waals surface area contributed by atoms with Crippen LogP contribution in [0.25, 0.3) is 11.1 Å². The summed E-state index contributed by atoms with van der Waals surface area (Å²) in [6.07, 6.45) is 0. The second kappa shape index (κ2) is 6.95. The summed E-state index contributed by atoms with van der Waals surface area (Å²) in [5.41, 5.74) is 10.4. The molecule has 1 amide bonds. The summed E-state index contributed by atoms with van der Waals surface area (Å²) in [6, 6.07) is 16.6. The van der Waals surface area contributed by atoms with Crippen LogP contribution in [0.15, 0.2) is 54.6 Å². The smallest absolute Gasteiger partial charge is 0.256 e. The molecule has 2 aromatic carbocycles. The predicted octanol–water partition coefficient (Wildman–Crippen LogP) is 4.85. The minimum absolute atomic E-state index is 0.228. The van der Waals surface area contributed by atoms with Crippen LogP contribution in [-0.2, 0) is 0 Å². The number of aryl methyl sites for hydroxylation is 2. The zero-order valence-corrected chi connectivity index (χ0v) is 14.8. The highest BCUT2D eigenvalue weighted by atomic mass is 35.5. The van der Waals surface area contributed by atoms with Crippen molar-refractivity contribution >= 4 is 29.1 Å². The molecular formula is C20H18ClN3O. The summed E-state index contributed by atoms with van der Waals surface area (Å²) in [7, 11) is 0. The molecule has 0 radical (unpaired) electrons. The number of aromatic nitrogens is 1. The van der Waals surface area contributed by atoms with Crippen LogP contribution < -0.4 is 11.1 Å². The number of hydrogen-bond donors (Lipinski definition) is 2. The first-order valence-electron chi connectivity index (χ1n) is 7.85. The maximum absolute atomic E-state index is 12.3. The van der Waals surface area contributed by atoms with Gasteiger partial charge in [0.15, 0.2) is 0 Å². The normalized spacial score (nSPS) is 10.5. The Hall–Kier alpha value is -2.85. The first-order valence-corrected chi connectivity index (χ1v) is 8.23. The maximum Gasteiger partial charge on any atom is 0.256 e. The van der Waals surface area contributed by atoms with E-state index in [2.05, 4.69) is 10.3 Å². The van der Waals surface area contributed by atoms with Gasteiger partial charge in [-0.3, -0.25) is 4.79 Å². The Kier molecular flexibility index (Phi) is 4.72. The largest absolute Gasteiger partial charge is 0.383 e. The van der Waals surface area contributed by atoms with Crippen LogP contribution >= 0.6 is 11.6 Å². The average Bonchev–Trinajstić information content (AvgIpc) is 2.58. The molecule has 3 N–H and O–H groups in total. The van der Waals surface area contributed by atoms with Gasteiger partial charge >= 0.3 is 0 Å². The molecule has 25 heavy (non-hydrogen) atoms. The van der Waals surface area contributed by atoms with E-state index in [0.29, 0.717) is 22.2 Å². The zero-order chi connectivity index (χ0) is 18.0. The van der Waals surface area contributed by atoms with Gasteiger partial charge in [-0.05, 0) is 50.2 Å². The summed E-state index contributed by atoms with van der Waals surface area (Å²) in [4.78, 5) is 16.6. The number of halogens is 1. The van der Waals surface area contributed by atoms with Crippen molar-refractivity contribution in [1.82, 2.24) is 4.98 Å². The predicted molar refractivity (Wildman–Crippen MR) is 103 cm³/mol. The van der Waals surface area contributed by atoms with Crippen LogP contribution in [0.1, 0.15) is 21.5 Å². The van der Waals surface area contributed by atoms with Gasteiger partial charge in [-0.1, -0.05) is 40.9 Å². The quantitative estimate of drug-likeness (QED) is 0.708. The number of nitrogens with zero attached hydrogens (tertiary/aromatic N) is 1. The van der Waals surface area contributed by atoms with Gasteiger partial charge in [0.2, 0.25) is 0 Å². The molecule has 0 aliphatic heterocycles. The lowest BCUT2D eigenvalue weighted by Gasteiger charge is -2.11. The van der Waals surface area contributed by atoms with E-state index < -0.39 is 0 Å². The molecular weight excluding hydrogens is 334 g/mol. The van der Waals surface area contributed by atoms with E-state index in [1.165, 1.54) is 0 Å². The van der Waals surface area contributed by atoms with Crippen molar-refractivity contribution in [3.8, 4) is 11.1 Å². The number of amides is 1. The van der Waals surface area contributed by atoms with Crippen molar-refractivity contribution in [3.05, 3.63) is 76.3 Å². The Balaban J connectivity index is 1.86. The van der Waals surface area contributed by atoms with E-state index in [-0.39, 0.29) is 5.91 Å². The number of carbonyl (C=O) groups excluding carboxylic acids is 1. The molecule has 4 nitrogen and oxygen atoms in total. The van der Waals surface area contributed by atoms with E-state index >= 15 is 0 Å². The number of pyridine rings is 1. The van der Waals surface area contributed by atoms with Crippen LogP contribution in [0.2, 0.25) is 5.02 Å². The van der Waals surface area contributed by atoms with Crippen molar-refractivity contribution in [1.29, 1.82) is 0 Å². The fourth-order valence-electron chi connectivity index (χ4n) is 2.51. The molecule has 0 fully saturated rings. The monoisotopic (exact) mass is 351 g/mol. The second-order valence-corrected chi connectivity index (χ2v) is 6.34. The standard InChI is InChI=1S/C20H18ClN3O/c1-12-3-6-14(7-4-12)20(25)24-18-10-8-15(19(22)23-18)16-11-13(2)5-9-17(16)21/h3-11H,1-2H3,(H3,22,23,24,25). The summed E-state index contributed by atoms with van der Waals surface area (Å²) in [5, 5.41) is 3.37. The number of benzene rings is 2. The molecule has 0 saturated heterocycles. The van der Waals surface area contributed by atoms with Crippen molar-refractivity contribution < 1.29 is 4.79 Å². The lowest BCUT2D eigenvalue weighted by atomic mass is 10.0. The number of nitrogens with two attached hydrogens (primary N) is 1. The Morgan fingerprint density at radius 1 is 0.960 bits per heavy atom. The molecule has 5 heteroatoms. The number of hydrogen-bond acceptors (Lipinski definition) is 3. The molecule has 0 saturated carbocycles. The highest BCUT2D eigenvalue weighted by Crippen LogP contribution is 2.32. The van der Waals surface area contributed by atoms with Crippen molar-refractivity contribution in [2.45, 2.75) is 13.8 Å². The van der Waals surface area contributed by atoms with Crippen LogP contribution in [0.5, 0.6) is 0 Å². The molecule has 0 unspecified atom stereocenters. The van der Waals surface area contributed by atoms with Gasteiger partial charge in [0.1, 0.15) is 11.6 Å². The third kappa shape index (κ3) is 3.80. The van der Waals surface area contributed by atoms with Gasteiger partial charge in [-0.2, -0.15) is 0 Å². The SMILES string of the molecule is Cc1ccc(C(=O)Nc2ccc(-c3cc(C)ccc3Cl)c(N)n2)cc1. The van der Waals surface area contributed by atoms with E-state index in [1.807, 2.05) is 50.2 Å². The van der Waals surface area contributed by atoms with Crippen molar-refractivity contribution in [2.75, 3.05) is 11.1 Å². The number of carbonyl (C=O) groups is 1. The number of rotatable bonds is 3. The molecule has 1 aromatic heterocycles. The van der Waals surface area contributed by atoms with Gasteiger partial charge in [-0.25, -0.2) is 4.98 Å². The van der Waals surface area contributed by atoms with Gasteiger partial charge in [0.25, 0.3) is 5.91 Å². The van der Waals surface area contributed by atoms with E-state index in [1.54, 1.807) is 18.2 Å². The Bertz CT molecular complexity index is 936. The molecule has 0 aliphatic carbocycles. The molecule has 0 spiro atoms. The number of nitrogens with one attached hydrogen (secondary N) is 1. The molecule has 0 aliphatic rings. The highest BCUT2D eigenvalue weighted by molar-refractivity contribution is 6.33. The summed E-state index contributed by atoms with van der Waals surface area (Å²) < 4.78 is 0. The van der Waals surface area contributed by atoms with Crippen molar-refractivity contribution in [2.24, 2.45) is 0 Å². The molecule has 3 aromatic rings. The minimum atomic E-state index is -0.228. The van der Waals surface area contributed by atoms with E-state index in [9.17, 15) is 4.79 Å². The summed E-state index contributed by atoms with van der Waals surface area (Å²) in [6.45, 7) is 3.96. The van der Waals surface area contributed by atoms with Gasteiger partial charge in [0, 0.05) is 21.7 Å². The lowest BCUT2D eigenvalue weighted by Crippen LogP contribution is -2.13. The number of nitrogen functional groups attached to an aromatic ring is 1. The van der Waals surface area contributed by atoms with Crippen LogP contribution in [0.4, 0.5) is 11.6 Å². The fraction of sp³-hybridized carbons (Fsp3) is 0.100. The molecule has 0 bridgehead atoms. The summed E-state index contributed by atoms with van der Waals surface area (Å²) in [5.74, 6) is 0.484. The second-order valence-electron chi connectivity index (χ2n) is 5.93. The van der Waals surface area contributed by atoms with E-state index in [0.717, 1.165) is 22.3 Å². The van der Waals surface area contributed by atoms with Crippen LogP contribution in [0.3, 0.4) is 0 Å². The van der Waals surface area contributed by atoms with Crippen LogP contribution in [0, 0.1) is 13.8 Å². The van der Waals surface area contributed by atoms with Crippen molar-refractivity contribution in [3.63, 3.8) is 0 Å². The van der Waals surface area contributed by atoms with Gasteiger partial charge in [0.05, 0.1) is 0 Å². The maximum atomic E-state index is 12.3. The van der Waals surface area contributed by atoms with Crippen LogP contribution in [-0.4, -0.2) is 10.9 Å². The minimum Gasteiger partial charge on any atom is -0.383 e. The topological polar surface area (TPSA) is 68.0 Å². The Morgan fingerprint density at radius 2 is 1.64 bits per heavy atom. The first-order chi connectivity index (χ1) is 11.9. The Morgan fingerprint density at radius 3 is 2.32 bits per heavy atom. The highest BCUT2D eigenvalue weighted by Gasteiger charge is 2.11. The molecule has 1 heterocycles. The zero-order valence-electron chi connectivity index (χ0n) is 14.0. The number of anilines is 2.